The standard InChI is InChI=1S/C18H23ClN4O/c1-12-10-17(22-18(20)21-12)23-9-5-3-4-6-16(23)14-11-13(24-2)7-8-15(14)19/h7-8,10-11,16H,3-6,9H2,1-2H3,(H2,20,21,22)/t16-/m0/s1. The predicted molar refractivity (Wildman–Crippen MR) is 97.7 cm³/mol. The average Bonchev–Trinajstić information content (AvgIpc) is 2.80. The number of ether oxygens (including phenoxy) is 1. The zero-order valence-electron chi connectivity index (χ0n) is 14.1. The molecule has 0 spiro atoms. The lowest BCUT2D eigenvalue weighted by molar-refractivity contribution is 0.413. The van der Waals surface area contributed by atoms with E-state index in [0.29, 0.717) is 5.95 Å². The van der Waals surface area contributed by atoms with Gasteiger partial charge in [-0.15, -0.1) is 0 Å². The maximum Gasteiger partial charge on any atom is 0.222 e. The van der Waals surface area contributed by atoms with Crippen molar-refractivity contribution >= 4 is 23.4 Å². The number of rotatable bonds is 3. The number of halogens is 1. The molecule has 24 heavy (non-hydrogen) atoms. The minimum Gasteiger partial charge on any atom is -0.497 e. The van der Waals surface area contributed by atoms with Crippen molar-refractivity contribution in [2.24, 2.45) is 0 Å². The van der Waals surface area contributed by atoms with E-state index in [1.54, 1.807) is 7.11 Å². The maximum atomic E-state index is 6.52. The van der Waals surface area contributed by atoms with Crippen LogP contribution in [0.25, 0.3) is 0 Å². The Labute approximate surface area is 147 Å². The molecule has 0 unspecified atom stereocenters. The van der Waals surface area contributed by atoms with E-state index < -0.39 is 0 Å². The quantitative estimate of drug-likeness (QED) is 0.904. The van der Waals surface area contributed by atoms with Gasteiger partial charge >= 0.3 is 0 Å². The fraction of sp³-hybridized carbons (Fsp3) is 0.444. The van der Waals surface area contributed by atoms with Gasteiger partial charge in [-0.05, 0) is 43.5 Å². The summed E-state index contributed by atoms with van der Waals surface area (Å²) in [7, 11) is 1.67. The monoisotopic (exact) mass is 346 g/mol. The van der Waals surface area contributed by atoms with Crippen LogP contribution in [-0.2, 0) is 0 Å². The summed E-state index contributed by atoms with van der Waals surface area (Å²) < 4.78 is 5.39. The first-order valence-electron chi connectivity index (χ1n) is 8.29. The lowest BCUT2D eigenvalue weighted by atomic mass is 10.00. The Balaban J connectivity index is 2.05. The Bertz CT molecular complexity index is 702. The van der Waals surface area contributed by atoms with E-state index in [1.807, 2.05) is 31.2 Å². The third-order valence-electron chi connectivity index (χ3n) is 4.47. The van der Waals surface area contributed by atoms with E-state index in [0.717, 1.165) is 53.7 Å². The van der Waals surface area contributed by atoms with Crippen LogP contribution < -0.4 is 15.4 Å². The molecule has 2 heterocycles. The first-order chi connectivity index (χ1) is 11.6. The van der Waals surface area contributed by atoms with Gasteiger partial charge in [0.05, 0.1) is 13.2 Å². The zero-order chi connectivity index (χ0) is 17.1. The number of hydrogen-bond donors (Lipinski definition) is 1. The lowest BCUT2D eigenvalue weighted by Crippen LogP contribution is -2.30. The van der Waals surface area contributed by atoms with Crippen molar-refractivity contribution < 1.29 is 4.74 Å². The molecule has 5 nitrogen and oxygen atoms in total. The molecule has 128 valence electrons. The van der Waals surface area contributed by atoms with E-state index in [-0.39, 0.29) is 6.04 Å². The normalized spacial score (nSPS) is 18.3. The number of nitrogens with two attached hydrogens (primary N) is 1. The van der Waals surface area contributed by atoms with Crippen molar-refractivity contribution in [2.75, 3.05) is 24.3 Å². The molecule has 1 aliphatic rings. The van der Waals surface area contributed by atoms with E-state index in [4.69, 9.17) is 22.1 Å². The fourth-order valence-corrected chi connectivity index (χ4v) is 3.58. The number of nitrogen functional groups attached to an aromatic ring is 1. The molecule has 0 amide bonds. The number of methoxy groups -OCH3 is 1. The number of aryl methyl sites for hydroxylation is 1. The summed E-state index contributed by atoms with van der Waals surface area (Å²) in [5.41, 5.74) is 7.82. The van der Waals surface area contributed by atoms with Gasteiger partial charge in [-0.1, -0.05) is 24.4 Å². The molecule has 6 heteroatoms. The summed E-state index contributed by atoms with van der Waals surface area (Å²) in [6, 6.07) is 7.97. The molecule has 2 aromatic rings. The molecular formula is C18H23ClN4O. The molecule has 1 aromatic heterocycles. The lowest BCUT2D eigenvalue weighted by Gasteiger charge is -2.32. The van der Waals surface area contributed by atoms with Crippen molar-refractivity contribution in [1.82, 2.24) is 9.97 Å². The Morgan fingerprint density at radius 2 is 2.04 bits per heavy atom. The van der Waals surface area contributed by atoms with Gasteiger partial charge < -0.3 is 15.4 Å². The molecule has 0 aliphatic carbocycles. The van der Waals surface area contributed by atoms with Gasteiger partial charge in [-0.3, -0.25) is 0 Å². The van der Waals surface area contributed by atoms with Gasteiger partial charge in [0.1, 0.15) is 11.6 Å². The fourth-order valence-electron chi connectivity index (χ4n) is 3.33. The predicted octanol–water partition coefficient (Wildman–Crippen LogP) is 4.15. The van der Waals surface area contributed by atoms with Crippen LogP contribution in [0.4, 0.5) is 11.8 Å². The van der Waals surface area contributed by atoms with Gasteiger partial charge in [0.2, 0.25) is 5.95 Å². The Morgan fingerprint density at radius 3 is 2.79 bits per heavy atom. The number of hydrogen-bond acceptors (Lipinski definition) is 5. The van der Waals surface area contributed by atoms with Crippen LogP contribution in [0.5, 0.6) is 5.75 Å². The first-order valence-corrected chi connectivity index (χ1v) is 8.67. The highest BCUT2D eigenvalue weighted by Crippen LogP contribution is 2.38. The summed E-state index contributed by atoms with van der Waals surface area (Å²) in [5, 5.41) is 0.756. The van der Waals surface area contributed by atoms with Crippen molar-refractivity contribution in [3.63, 3.8) is 0 Å². The summed E-state index contributed by atoms with van der Waals surface area (Å²) in [4.78, 5) is 11.0. The minimum absolute atomic E-state index is 0.156. The van der Waals surface area contributed by atoms with Crippen LogP contribution in [-0.4, -0.2) is 23.6 Å². The van der Waals surface area contributed by atoms with Crippen molar-refractivity contribution in [3.8, 4) is 5.75 Å². The topological polar surface area (TPSA) is 64.3 Å². The second-order valence-corrected chi connectivity index (χ2v) is 6.58. The Hall–Kier alpha value is -2.01. The van der Waals surface area contributed by atoms with E-state index in [1.165, 1.54) is 6.42 Å². The van der Waals surface area contributed by atoms with Crippen LogP contribution in [0, 0.1) is 6.92 Å². The largest absolute Gasteiger partial charge is 0.497 e. The van der Waals surface area contributed by atoms with Gasteiger partial charge in [0, 0.05) is 23.3 Å². The van der Waals surface area contributed by atoms with Crippen molar-refractivity contribution in [2.45, 2.75) is 38.6 Å². The highest BCUT2D eigenvalue weighted by atomic mass is 35.5. The number of benzene rings is 1. The molecule has 1 fully saturated rings. The number of anilines is 2. The Kier molecular flexibility index (Phi) is 5.09. The molecule has 3 rings (SSSR count). The Morgan fingerprint density at radius 1 is 1.21 bits per heavy atom. The van der Waals surface area contributed by atoms with Crippen molar-refractivity contribution in [1.29, 1.82) is 0 Å². The molecule has 2 N–H and O–H groups in total. The van der Waals surface area contributed by atoms with Gasteiger partial charge in [0.25, 0.3) is 0 Å². The molecule has 0 bridgehead atoms. The average molecular weight is 347 g/mol. The van der Waals surface area contributed by atoms with Crippen LogP contribution in [0.1, 0.15) is 43.0 Å². The van der Waals surface area contributed by atoms with Crippen molar-refractivity contribution in [3.05, 3.63) is 40.5 Å². The van der Waals surface area contributed by atoms with Gasteiger partial charge in [0.15, 0.2) is 0 Å². The number of aromatic nitrogens is 2. The molecule has 0 saturated carbocycles. The van der Waals surface area contributed by atoms with Crippen LogP contribution in [0.2, 0.25) is 5.02 Å². The maximum absolute atomic E-state index is 6.52. The SMILES string of the molecule is COc1ccc(Cl)c([C@@H]2CCCCCN2c2cc(C)nc(N)n2)c1. The van der Waals surface area contributed by atoms with E-state index in [9.17, 15) is 0 Å². The highest BCUT2D eigenvalue weighted by Gasteiger charge is 2.26. The summed E-state index contributed by atoms with van der Waals surface area (Å²) in [5.74, 6) is 1.99. The summed E-state index contributed by atoms with van der Waals surface area (Å²) in [6.07, 6.45) is 4.51. The molecule has 1 saturated heterocycles. The minimum atomic E-state index is 0.156. The van der Waals surface area contributed by atoms with Gasteiger partial charge in [-0.2, -0.15) is 4.98 Å². The molecule has 0 radical (unpaired) electrons. The summed E-state index contributed by atoms with van der Waals surface area (Å²) in [6.45, 7) is 2.86. The van der Waals surface area contributed by atoms with E-state index >= 15 is 0 Å². The molecule has 1 aromatic carbocycles. The molecule has 1 aliphatic heterocycles. The van der Waals surface area contributed by atoms with E-state index in [2.05, 4.69) is 14.9 Å². The van der Waals surface area contributed by atoms with Crippen LogP contribution in [0.3, 0.4) is 0 Å². The van der Waals surface area contributed by atoms with Crippen LogP contribution in [0.15, 0.2) is 24.3 Å². The second-order valence-electron chi connectivity index (χ2n) is 6.17. The molecular weight excluding hydrogens is 324 g/mol. The highest BCUT2D eigenvalue weighted by molar-refractivity contribution is 6.31. The molecule has 1 atom stereocenters. The third-order valence-corrected chi connectivity index (χ3v) is 4.81. The number of nitrogens with zero attached hydrogens (tertiary/aromatic N) is 3. The summed E-state index contributed by atoms with van der Waals surface area (Å²) >= 11 is 6.52. The zero-order valence-corrected chi connectivity index (χ0v) is 14.9. The smallest absolute Gasteiger partial charge is 0.222 e. The third kappa shape index (κ3) is 3.56. The van der Waals surface area contributed by atoms with Gasteiger partial charge in [-0.25, -0.2) is 4.98 Å². The second kappa shape index (κ2) is 7.26. The first kappa shape index (κ1) is 16.8. The van der Waals surface area contributed by atoms with Crippen LogP contribution >= 0.6 is 11.6 Å².